The van der Waals surface area contributed by atoms with Crippen LogP contribution in [0.15, 0.2) is 67.3 Å². The number of aliphatic hydroxyl groups is 1. The molecular weight excluding hydrogens is 488 g/mol. The van der Waals surface area contributed by atoms with Crippen molar-refractivity contribution in [3.8, 4) is 0 Å². The average molecular weight is 515 g/mol. The Labute approximate surface area is 217 Å². The van der Waals surface area contributed by atoms with E-state index in [1.165, 1.54) is 12.5 Å². The van der Waals surface area contributed by atoms with Gasteiger partial charge in [-0.3, -0.25) is 24.1 Å². The third-order valence-electron chi connectivity index (χ3n) is 6.69. The number of rotatable bonds is 10. The number of hydrogen-bond donors (Lipinski definition) is 3. The first-order valence-corrected chi connectivity index (χ1v) is 12.1. The number of imide groups is 1. The number of aliphatic hydroxyl groups excluding tert-OH is 1. The summed E-state index contributed by atoms with van der Waals surface area (Å²) < 4.78 is 3.68. The van der Waals surface area contributed by atoms with Gasteiger partial charge in [0.05, 0.1) is 35.6 Å². The first-order chi connectivity index (χ1) is 18.4. The van der Waals surface area contributed by atoms with E-state index in [1.807, 2.05) is 29.0 Å². The van der Waals surface area contributed by atoms with Crippen LogP contribution in [0.3, 0.4) is 0 Å². The summed E-state index contributed by atoms with van der Waals surface area (Å²) in [6.07, 6.45) is 5.46. The molecule has 5 rings (SSSR count). The number of hydrogen-bond acceptors (Lipinski definition) is 6. The lowest BCUT2D eigenvalue weighted by atomic mass is 10.1. The maximum absolute atomic E-state index is 12.6. The van der Waals surface area contributed by atoms with Crippen molar-refractivity contribution in [2.45, 2.75) is 25.4 Å². The molecule has 4 amide bonds. The molecule has 0 unspecified atom stereocenters. The normalized spacial score (nSPS) is 13.7. The van der Waals surface area contributed by atoms with Crippen molar-refractivity contribution in [1.82, 2.24) is 19.0 Å². The van der Waals surface area contributed by atoms with Crippen molar-refractivity contribution in [2.75, 3.05) is 18.5 Å². The van der Waals surface area contributed by atoms with Crippen molar-refractivity contribution >= 4 is 40.2 Å². The molecule has 0 radical (unpaired) electrons. The molecule has 3 heterocycles. The molecule has 1 aliphatic heterocycles. The van der Waals surface area contributed by atoms with Gasteiger partial charge in [0, 0.05) is 37.6 Å². The number of imidazole rings is 1. The predicted octanol–water partition coefficient (Wildman–Crippen LogP) is 2.19. The minimum absolute atomic E-state index is 0.00886. The molecule has 0 saturated carbocycles. The van der Waals surface area contributed by atoms with Crippen molar-refractivity contribution < 1.29 is 24.3 Å². The van der Waals surface area contributed by atoms with Gasteiger partial charge in [-0.2, -0.15) is 0 Å². The standard InChI is InChI=1S/C27H26N6O5/c28-25(36)22-14-32(16-29-22)19(15-34)8-11-31-10-7-17-5-6-18(13-23(17)31)30-24(35)9-12-33-26(37)20-3-1-2-4-21(20)27(33)38/h1-7,10,13-14,16,19,34H,8-9,11-12,15H2,(H2,28,36)(H,30,35)/t19-/m1/s1. The predicted molar refractivity (Wildman–Crippen MR) is 138 cm³/mol. The number of nitrogens with two attached hydrogens (primary N) is 1. The summed E-state index contributed by atoms with van der Waals surface area (Å²) in [6.45, 7) is 0.420. The van der Waals surface area contributed by atoms with Crippen LogP contribution < -0.4 is 11.1 Å². The molecule has 194 valence electrons. The maximum atomic E-state index is 12.6. The Balaban J connectivity index is 1.21. The highest BCUT2D eigenvalue weighted by molar-refractivity contribution is 6.21. The second-order valence-electron chi connectivity index (χ2n) is 9.08. The Morgan fingerprint density at radius 2 is 1.76 bits per heavy atom. The van der Waals surface area contributed by atoms with Crippen molar-refractivity contribution in [2.24, 2.45) is 5.73 Å². The molecule has 11 heteroatoms. The summed E-state index contributed by atoms with van der Waals surface area (Å²) in [7, 11) is 0. The number of amides is 4. The molecule has 1 atom stereocenters. The summed E-state index contributed by atoms with van der Waals surface area (Å²) in [5, 5.41) is 13.7. The van der Waals surface area contributed by atoms with Gasteiger partial charge in [0.15, 0.2) is 0 Å². The number of carbonyl (C=O) groups excluding carboxylic acids is 4. The largest absolute Gasteiger partial charge is 0.394 e. The van der Waals surface area contributed by atoms with Gasteiger partial charge in [0.1, 0.15) is 5.69 Å². The third kappa shape index (κ3) is 4.78. The van der Waals surface area contributed by atoms with E-state index in [2.05, 4.69) is 10.3 Å². The summed E-state index contributed by atoms with van der Waals surface area (Å²) in [4.78, 5) is 54.1. The summed E-state index contributed by atoms with van der Waals surface area (Å²) in [6, 6.07) is 13.8. The lowest BCUT2D eigenvalue weighted by Crippen LogP contribution is -2.32. The molecule has 0 aliphatic carbocycles. The Hall–Kier alpha value is -4.77. The molecule has 0 saturated heterocycles. The van der Waals surface area contributed by atoms with E-state index in [0.717, 1.165) is 15.8 Å². The smallest absolute Gasteiger partial charge is 0.268 e. The number of primary amides is 1. The average Bonchev–Trinajstić information content (AvgIpc) is 3.62. The molecule has 2 aromatic carbocycles. The molecule has 0 spiro atoms. The van der Waals surface area contributed by atoms with Gasteiger partial charge in [-0.05, 0) is 42.1 Å². The highest BCUT2D eigenvalue weighted by atomic mass is 16.3. The fraction of sp³-hybridized carbons (Fsp3) is 0.222. The maximum Gasteiger partial charge on any atom is 0.268 e. The zero-order valence-corrected chi connectivity index (χ0v) is 20.4. The fourth-order valence-electron chi connectivity index (χ4n) is 4.62. The lowest BCUT2D eigenvalue weighted by Gasteiger charge is -2.17. The number of aromatic nitrogens is 3. The SMILES string of the molecule is NC(=O)c1cn([C@@H](CO)CCn2ccc3ccc(NC(=O)CCN4C(=O)c5ccccc5C4=O)cc32)cn1. The van der Waals surface area contributed by atoms with Crippen LogP contribution in [0, 0.1) is 0 Å². The quantitative estimate of drug-likeness (QED) is 0.276. The molecule has 4 N–H and O–H groups in total. The zero-order chi connectivity index (χ0) is 26.8. The van der Waals surface area contributed by atoms with Crippen molar-refractivity contribution in [3.63, 3.8) is 0 Å². The fourth-order valence-corrected chi connectivity index (χ4v) is 4.62. The number of fused-ring (bicyclic) bond motifs is 2. The van der Waals surface area contributed by atoms with Crippen LogP contribution in [0.2, 0.25) is 0 Å². The number of carbonyl (C=O) groups is 4. The van der Waals surface area contributed by atoms with Gasteiger partial charge >= 0.3 is 0 Å². The minimum Gasteiger partial charge on any atom is -0.394 e. The molecule has 38 heavy (non-hydrogen) atoms. The highest BCUT2D eigenvalue weighted by Crippen LogP contribution is 2.24. The summed E-state index contributed by atoms with van der Waals surface area (Å²) in [5.74, 6) is -1.72. The van der Waals surface area contributed by atoms with Crippen LogP contribution in [0.5, 0.6) is 0 Å². The number of anilines is 1. The number of aryl methyl sites for hydroxylation is 1. The van der Waals surface area contributed by atoms with E-state index in [-0.39, 0.29) is 49.0 Å². The van der Waals surface area contributed by atoms with Gasteiger partial charge in [-0.25, -0.2) is 4.98 Å². The second kappa shape index (κ2) is 10.3. The lowest BCUT2D eigenvalue weighted by molar-refractivity contribution is -0.116. The number of nitrogens with zero attached hydrogens (tertiary/aromatic N) is 4. The van der Waals surface area contributed by atoms with Gasteiger partial charge in [-0.1, -0.05) is 18.2 Å². The van der Waals surface area contributed by atoms with Gasteiger partial charge in [0.25, 0.3) is 17.7 Å². The third-order valence-corrected chi connectivity index (χ3v) is 6.69. The van der Waals surface area contributed by atoms with E-state index >= 15 is 0 Å². The minimum atomic E-state index is -0.629. The number of nitrogens with one attached hydrogen (secondary N) is 1. The molecular formula is C27H26N6O5. The second-order valence-corrected chi connectivity index (χ2v) is 9.08. The van der Waals surface area contributed by atoms with Crippen LogP contribution in [0.4, 0.5) is 5.69 Å². The molecule has 1 aliphatic rings. The van der Waals surface area contributed by atoms with Gasteiger partial charge in [-0.15, -0.1) is 0 Å². The van der Waals surface area contributed by atoms with E-state index in [0.29, 0.717) is 29.8 Å². The molecule has 0 bridgehead atoms. The first-order valence-electron chi connectivity index (χ1n) is 12.1. The van der Waals surface area contributed by atoms with Crippen LogP contribution in [0.25, 0.3) is 10.9 Å². The first kappa shape index (κ1) is 24.9. The summed E-state index contributed by atoms with van der Waals surface area (Å²) >= 11 is 0. The Morgan fingerprint density at radius 3 is 2.42 bits per heavy atom. The Morgan fingerprint density at radius 1 is 1.03 bits per heavy atom. The molecule has 2 aromatic heterocycles. The van der Waals surface area contributed by atoms with Crippen LogP contribution in [-0.2, 0) is 11.3 Å². The molecule has 11 nitrogen and oxygen atoms in total. The van der Waals surface area contributed by atoms with E-state index in [4.69, 9.17) is 5.73 Å². The zero-order valence-electron chi connectivity index (χ0n) is 20.4. The van der Waals surface area contributed by atoms with E-state index in [1.54, 1.807) is 34.9 Å². The molecule has 4 aromatic rings. The van der Waals surface area contributed by atoms with E-state index in [9.17, 15) is 24.3 Å². The van der Waals surface area contributed by atoms with Gasteiger partial charge < -0.3 is 25.3 Å². The van der Waals surface area contributed by atoms with Crippen LogP contribution in [-0.4, -0.2) is 60.9 Å². The van der Waals surface area contributed by atoms with Crippen LogP contribution >= 0.6 is 0 Å². The highest BCUT2D eigenvalue weighted by Gasteiger charge is 2.34. The topological polar surface area (TPSA) is 153 Å². The molecule has 0 fully saturated rings. The summed E-state index contributed by atoms with van der Waals surface area (Å²) in [5.41, 5.74) is 7.60. The number of benzene rings is 2. The monoisotopic (exact) mass is 514 g/mol. The Kier molecular flexibility index (Phi) is 6.75. The van der Waals surface area contributed by atoms with Crippen LogP contribution in [0.1, 0.15) is 50.1 Å². The van der Waals surface area contributed by atoms with Gasteiger partial charge in [0.2, 0.25) is 5.91 Å². The van der Waals surface area contributed by atoms with Crippen molar-refractivity contribution in [1.29, 1.82) is 0 Å². The Bertz CT molecular complexity index is 1520. The van der Waals surface area contributed by atoms with Crippen molar-refractivity contribution in [3.05, 3.63) is 84.1 Å². The van der Waals surface area contributed by atoms with E-state index < -0.39 is 5.91 Å².